The molecule has 0 amide bonds. The highest BCUT2D eigenvalue weighted by atomic mass is 15.2. The Hall–Kier alpha value is -4.26. The van der Waals surface area contributed by atoms with Gasteiger partial charge in [0.05, 0.1) is 5.52 Å². The van der Waals surface area contributed by atoms with E-state index in [0.717, 1.165) is 55.1 Å². The maximum Gasteiger partial charge on any atom is 0.225 e. The lowest BCUT2D eigenvalue weighted by molar-refractivity contribution is 0.144. The first kappa shape index (κ1) is 32.7. The maximum absolute atomic E-state index is 4.87. The monoisotopic (exact) mass is 626 g/mol. The first-order chi connectivity index (χ1) is 23.0. The van der Waals surface area contributed by atoms with E-state index in [9.17, 15) is 0 Å². The third kappa shape index (κ3) is 8.19. The summed E-state index contributed by atoms with van der Waals surface area (Å²) in [6.45, 7) is 7.51. The number of hydrogen-bond acceptors (Lipinski definition) is 6. The molecule has 2 atom stereocenters. The molecule has 5 aromatic rings. The van der Waals surface area contributed by atoms with E-state index >= 15 is 0 Å². The number of benzene rings is 4. The highest BCUT2D eigenvalue weighted by molar-refractivity contribution is 5.90. The van der Waals surface area contributed by atoms with Gasteiger partial charge in [-0.25, -0.2) is 4.98 Å². The summed E-state index contributed by atoms with van der Waals surface area (Å²) in [5.41, 5.74) is 6.46. The zero-order valence-corrected chi connectivity index (χ0v) is 28.4. The van der Waals surface area contributed by atoms with Crippen molar-refractivity contribution < 1.29 is 0 Å². The average molecular weight is 627 g/mol. The van der Waals surface area contributed by atoms with Crippen LogP contribution in [0, 0.1) is 5.92 Å². The van der Waals surface area contributed by atoms with Crippen LogP contribution in [0.1, 0.15) is 73.9 Å². The summed E-state index contributed by atoms with van der Waals surface area (Å²) in [6.07, 6.45) is 4.69. The normalized spacial score (nSPS) is 17.8. The second kappa shape index (κ2) is 15.6. The van der Waals surface area contributed by atoms with Crippen LogP contribution >= 0.6 is 0 Å². The predicted octanol–water partition coefficient (Wildman–Crippen LogP) is 8.78. The van der Waals surface area contributed by atoms with Crippen LogP contribution in [0.2, 0.25) is 0 Å². The Labute approximate surface area is 281 Å². The number of para-hydroxylation sites is 1. The lowest BCUT2D eigenvalue weighted by atomic mass is 9.86. The van der Waals surface area contributed by atoms with Crippen LogP contribution in [-0.2, 0) is 13.1 Å². The average Bonchev–Trinajstić information content (AvgIpc) is 3.11. The van der Waals surface area contributed by atoms with E-state index in [1.54, 1.807) is 0 Å². The molecule has 0 saturated heterocycles. The highest BCUT2D eigenvalue weighted by Gasteiger charge is 2.25. The van der Waals surface area contributed by atoms with E-state index < -0.39 is 0 Å². The molecular formula is C41H50N6. The van der Waals surface area contributed by atoms with Crippen molar-refractivity contribution in [1.29, 1.82) is 0 Å². The van der Waals surface area contributed by atoms with E-state index in [0.29, 0.717) is 12.0 Å². The Morgan fingerprint density at radius 1 is 0.681 bits per heavy atom. The molecule has 1 aliphatic rings. The standard InChI is InChI=1S/C41H50N6/c1-30(33-15-7-5-8-16-33)47(31(2)34-17-9-6-10-18-34)29-36-20-12-11-19-35(36)28-42-27-32-23-25-37(26-24-32)43-41-44-39-22-14-13-21-38(39)40(45-41)46(3)4/h5-22,30-32,37,42H,23-29H2,1-4H3,(H,43,44,45)/t30-,31-,32?,37?/m1/s1. The van der Waals surface area contributed by atoms with Gasteiger partial charge in [-0.1, -0.05) is 97.1 Å². The summed E-state index contributed by atoms with van der Waals surface area (Å²) in [6, 6.07) is 40.0. The van der Waals surface area contributed by atoms with Gasteiger partial charge in [0.2, 0.25) is 5.95 Å². The fourth-order valence-electron chi connectivity index (χ4n) is 7.11. The minimum atomic E-state index is 0.283. The first-order valence-corrected chi connectivity index (χ1v) is 17.3. The summed E-state index contributed by atoms with van der Waals surface area (Å²) >= 11 is 0. The molecule has 6 nitrogen and oxygen atoms in total. The summed E-state index contributed by atoms with van der Waals surface area (Å²) < 4.78 is 0. The third-order valence-electron chi connectivity index (χ3n) is 9.97. The summed E-state index contributed by atoms with van der Waals surface area (Å²) in [5, 5.41) is 8.59. The van der Waals surface area contributed by atoms with Crippen molar-refractivity contribution in [2.45, 2.75) is 70.7 Å². The van der Waals surface area contributed by atoms with Crippen molar-refractivity contribution in [3.8, 4) is 0 Å². The summed E-state index contributed by atoms with van der Waals surface area (Å²) in [5.74, 6) is 2.38. The molecule has 0 unspecified atom stereocenters. The molecule has 4 aromatic carbocycles. The zero-order valence-electron chi connectivity index (χ0n) is 28.4. The molecule has 0 radical (unpaired) electrons. The van der Waals surface area contributed by atoms with Gasteiger partial charge in [0.1, 0.15) is 5.82 Å². The lowest BCUT2D eigenvalue weighted by Crippen LogP contribution is -2.32. The van der Waals surface area contributed by atoms with E-state index in [-0.39, 0.29) is 12.1 Å². The largest absolute Gasteiger partial charge is 0.362 e. The number of rotatable bonds is 13. The molecule has 0 bridgehead atoms. The number of nitrogens with zero attached hydrogens (tertiary/aromatic N) is 4. The molecular weight excluding hydrogens is 576 g/mol. The van der Waals surface area contributed by atoms with Gasteiger partial charge in [-0.05, 0) is 86.4 Å². The van der Waals surface area contributed by atoms with Crippen molar-refractivity contribution in [1.82, 2.24) is 20.2 Å². The van der Waals surface area contributed by atoms with Crippen LogP contribution in [-0.4, -0.2) is 41.5 Å². The van der Waals surface area contributed by atoms with Crippen LogP contribution in [0.25, 0.3) is 10.9 Å². The maximum atomic E-state index is 4.87. The van der Waals surface area contributed by atoms with Gasteiger partial charge in [0.25, 0.3) is 0 Å². The molecule has 0 aliphatic heterocycles. The lowest BCUT2D eigenvalue weighted by Gasteiger charge is -2.36. The Morgan fingerprint density at radius 2 is 1.26 bits per heavy atom. The van der Waals surface area contributed by atoms with Gasteiger partial charge in [-0.3, -0.25) is 4.90 Å². The first-order valence-electron chi connectivity index (χ1n) is 17.3. The van der Waals surface area contributed by atoms with Crippen LogP contribution in [0.15, 0.2) is 109 Å². The third-order valence-corrected chi connectivity index (χ3v) is 9.97. The number of anilines is 2. The minimum Gasteiger partial charge on any atom is -0.362 e. The van der Waals surface area contributed by atoms with Gasteiger partial charge in [-0.15, -0.1) is 0 Å². The quantitative estimate of drug-likeness (QED) is 0.136. The predicted molar refractivity (Wildman–Crippen MR) is 197 cm³/mol. The topological polar surface area (TPSA) is 56.3 Å². The van der Waals surface area contributed by atoms with E-state index in [2.05, 4.69) is 131 Å². The molecule has 2 N–H and O–H groups in total. The number of nitrogens with one attached hydrogen (secondary N) is 2. The van der Waals surface area contributed by atoms with Crippen LogP contribution < -0.4 is 15.5 Å². The van der Waals surface area contributed by atoms with Gasteiger partial charge in [-0.2, -0.15) is 4.98 Å². The number of fused-ring (bicyclic) bond motifs is 1. The van der Waals surface area contributed by atoms with E-state index in [1.807, 2.05) is 26.2 Å². The molecule has 6 heteroatoms. The van der Waals surface area contributed by atoms with E-state index in [1.165, 1.54) is 35.1 Å². The SMILES string of the molecule is C[C@H](c1ccccc1)N(Cc1ccccc1CNCC1CCC(Nc2nc(N(C)C)c3ccccc3n2)CC1)[C@H](C)c1ccccc1. The number of hydrogen-bond donors (Lipinski definition) is 2. The van der Waals surface area contributed by atoms with Crippen molar-refractivity contribution in [3.63, 3.8) is 0 Å². The van der Waals surface area contributed by atoms with Crippen LogP contribution in [0.3, 0.4) is 0 Å². The van der Waals surface area contributed by atoms with Gasteiger partial charge >= 0.3 is 0 Å². The molecule has 1 aromatic heterocycles. The molecule has 1 saturated carbocycles. The van der Waals surface area contributed by atoms with Crippen LogP contribution in [0.4, 0.5) is 11.8 Å². The second-order valence-corrected chi connectivity index (χ2v) is 13.4. The second-order valence-electron chi connectivity index (χ2n) is 13.4. The molecule has 244 valence electrons. The molecule has 1 aliphatic carbocycles. The molecule has 0 spiro atoms. The van der Waals surface area contributed by atoms with Gasteiger partial charge in [0, 0.05) is 50.7 Å². The molecule has 1 fully saturated rings. The van der Waals surface area contributed by atoms with Crippen molar-refractivity contribution in [2.75, 3.05) is 30.9 Å². The molecule has 47 heavy (non-hydrogen) atoms. The highest BCUT2D eigenvalue weighted by Crippen LogP contribution is 2.33. The fourth-order valence-corrected chi connectivity index (χ4v) is 7.11. The summed E-state index contributed by atoms with van der Waals surface area (Å²) in [7, 11) is 4.09. The van der Waals surface area contributed by atoms with Crippen molar-refractivity contribution in [3.05, 3.63) is 131 Å². The molecule has 6 rings (SSSR count). The minimum absolute atomic E-state index is 0.283. The smallest absolute Gasteiger partial charge is 0.225 e. The van der Waals surface area contributed by atoms with Crippen molar-refractivity contribution >= 4 is 22.7 Å². The summed E-state index contributed by atoms with van der Waals surface area (Å²) in [4.78, 5) is 14.4. The fraction of sp³-hybridized carbons (Fsp3) is 0.366. The Balaban J connectivity index is 1.05. The van der Waals surface area contributed by atoms with Gasteiger partial charge < -0.3 is 15.5 Å². The van der Waals surface area contributed by atoms with Gasteiger partial charge in [0.15, 0.2) is 0 Å². The number of aromatic nitrogens is 2. The Morgan fingerprint density at radius 3 is 1.89 bits per heavy atom. The van der Waals surface area contributed by atoms with E-state index in [4.69, 9.17) is 9.97 Å². The Bertz CT molecular complexity index is 1650. The Kier molecular flexibility index (Phi) is 10.8. The van der Waals surface area contributed by atoms with Crippen LogP contribution in [0.5, 0.6) is 0 Å². The van der Waals surface area contributed by atoms with Crippen molar-refractivity contribution in [2.24, 2.45) is 5.92 Å². The molecule has 1 heterocycles. The zero-order chi connectivity index (χ0) is 32.6.